The number of hydrogen-bond donors (Lipinski definition) is 6. The van der Waals surface area contributed by atoms with Crippen LogP contribution in [0.4, 0.5) is 13.2 Å². The molecule has 0 aliphatic rings. The Morgan fingerprint density at radius 1 is 0.840 bits per heavy atom. The molecule has 3 aromatic rings. The molecule has 50 heavy (non-hydrogen) atoms. The smallest absolute Gasteiger partial charge is 0.382 e. The van der Waals surface area contributed by atoms with E-state index in [1.165, 1.54) is 17.8 Å². The van der Waals surface area contributed by atoms with Crippen LogP contribution in [0.25, 0.3) is 5.69 Å². The molecular weight excluding hydrogens is 659 g/mol. The minimum Gasteiger partial charge on any atom is -0.382 e. The molecule has 3 rings (SSSR count). The maximum Gasteiger partial charge on any atom is 0.416 e. The number of amides is 5. The fourth-order valence-electron chi connectivity index (χ4n) is 5.27. The van der Waals surface area contributed by atoms with Crippen molar-refractivity contribution in [3.8, 4) is 5.69 Å². The van der Waals surface area contributed by atoms with Gasteiger partial charge in [-0.25, -0.2) is 4.68 Å². The summed E-state index contributed by atoms with van der Waals surface area (Å²) in [6, 6.07) is 13.0. The van der Waals surface area contributed by atoms with Crippen LogP contribution >= 0.6 is 0 Å². The lowest BCUT2D eigenvalue weighted by Gasteiger charge is -2.28. The number of aromatic nitrogens is 2. The van der Waals surface area contributed by atoms with Crippen LogP contribution in [-0.4, -0.2) is 74.8 Å². The lowest BCUT2D eigenvalue weighted by atomic mass is 9.88. The van der Waals surface area contributed by atoms with E-state index in [2.05, 4.69) is 15.7 Å². The summed E-state index contributed by atoms with van der Waals surface area (Å²) in [4.78, 5) is 64.0. The minimum atomic E-state index is -5.11. The summed E-state index contributed by atoms with van der Waals surface area (Å²) in [6.45, 7) is 4.80. The predicted octanol–water partition coefficient (Wildman–Crippen LogP) is 1.69. The van der Waals surface area contributed by atoms with E-state index in [4.69, 9.17) is 11.5 Å². The highest BCUT2D eigenvalue weighted by atomic mass is 19.4. The molecule has 0 saturated heterocycles. The molecule has 270 valence electrons. The third-order valence-corrected chi connectivity index (χ3v) is 8.10. The number of benzene rings is 2. The van der Waals surface area contributed by atoms with Crippen molar-refractivity contribution in [1.29, 1.82) is 0 Å². The van der Waals surface area contributed by atoms with Crippen molar-refractivity contribution < 1.29 is 42.3 Å². The van der Waals surface area contributed by atoms with Crippen molar-refractivity contribution in [2.24, 2.45) is 23.3 Å². The lowest BCUT2D eigenvalue weighted by Crippen LogP contribution is -2.57. The van der Waals surface area contributed by atoms with Crippen LogP contribution in [0.3, 0.4) is 0 Å². The topological polar surface area (TPSA) is 212 Å². The number of carbonyl (C=O) groups excluding carboxylic acids is 5. The van der Waals surface area contributed by atoms with E-state index in [9.17, 15) is 42.3 Å². The quantitative estimate of drug-likeness (QED) is 0.123. The van der Waals surface area contributed by atoms with Gasteiger partial charge in [0.05, 0.1) is 29.2 Å². The number of nitrogens with zero attached hydrogens (tertiary/aromatic N) is 2. The second-order valence-corrected chi connectivity index (χ2v) is 12.3. The molecule has 0 bridgehead atoms. The number of carbonyl (C=O) groups is 5. The summed E-state index contributed by atoms with van der Waals surface area (Å²) in [5.41, 5.74) is 12.5. The Kier molecular flexibility index (Phi) is 13.7. The molecule has 0 fully saturated rings. The number of alkyl halides is 3. The fraction of sp³-hybridized carbons (Fsp3) is 0.412. The Balaban J connectivity index is 1.85. The molecule has 5 amide bonds. The molecule has 1 heterocycles. The molecule has 0 radical (unpaired) electrons. The Morgan fingerprint density at radius 3 is 1.98 bits per heavy atom. The SMILES string of the molecule is CC(C)[C@H](Cc1c(C(N)=O)cnn1-c1ccccc1)C(=O)N[C@@H](Cc1ccccc1)C(=O)N[C@@H](C)C(=O)NC(CCC(N)=O)C(O)C(F)(F)F. The van der Waals surface area contributed by atoms with Gasteiger partial charge in [0.25, 0.3) is 5.91 Å². The Labute approximate surface area is 287 Å². The van der Waals surface area contributed by atoms with Gasteiger partial charge in [-0.1, -0.05) is 62.4 Å². The first-order valence-electron chi connectivity index (χ1n) is 15.9. The number of nitrogens with one attached hydrogen (secondary N) is 3. The Bertz CT molecular complexity index is 1630. The van der Waals surface area contributed by atoms with E-state index < -0.39 is 78.7 Å². The van der Waals surface area contributed by atoms with E-state index in [1.54, 1.807) is 68.4 Å². The highest BCUT2D eigenvalue weighted by Crippen LogP contribution is 2.25. The number of aliphatic hydroxyl groups is 1. The van der Waals surface area contributed by atoms with Crippen molar-refractivity contribution in [2.75, 3.05) is 0 Å². The fourth-order valence-corrected chi connectivity index (χ4v) is 5.27. The van der Waals surface area contributed by atoms with E-state index in [0.717, 1.165) is 0 Å². The van der Waals surface area contributed by atoms with Crippen molar-refractivity contribution in [3.63, 3.8) is 0 Å². The molecule has 2 aromatic carbocycles. The van der Waals surface area contributed by atoms with Gasteiger partial charge in [-0.2, -0.15) is 18.3 Å². The third kappa shape index (κ3) is 10.9. The molecule has 0 aliphatic carbocycles. The minimum absolute atomic E-state index is 0.0138. The number of para-hydroxylation sites is 1. The van der Waals surface area contributed by atoms with Gasteiger partial charge in [-0.05, 0) is 37.0 Å². The maximum absolute atomic E-state index is 13.9. The highest BCUT2D eigenvalue weighted by molar-refractivity contribution is 5.95. The zero-order chi connectivity index (χ0) is 37.2. The van der Waals surface area contributed by atoms with Crippen molar-refractivity contribution in [3.05, 3.63) is 83.7 Å². The number of rotatable bonds is 17. The number of hydrogen-bond acceptors (Lipinski definition) is 7. The average molecular weight is 702 g/mol. The van der Waals surface area contributed by atoms with Crippen LogP contribution in [0.15, 0.2) is 66.9 Å². The average Bonchev–Trinajstić information content (AvgIpc) is 3.49. The normalized spacial score (nSPS) is 14.6. The maximum atomic E-state index is 13.9. The van der Waals surface area contributed by atoms with Gasteiger partial charge in [-0.15, -0.1) is 0 Å². The summed E-state index contributed by atoms with van der Waals surface area (Å²) >= 11 is 0. The molecule has 2 unspecified atom stereocenters. The van der Waals surface area contributed by atoms with Crippen molar-refractivity contribution >= 4 is 29.5 Å². The first kappa shape index (κ1) is 39.2. The number of primary amides is 2. The van der Waals surface area contributed by atoms with E-state index >= 15 is 0 Å². The van der Waals surface area contributed by atoms with Crippen LogP contribution in [0, 0.1) is 11.8 Å². The third-order valence-electron chi connectivity index (χ3n) is 8.10. The predicted molar refractivity (Wildman–Crippen MR) is 176 cm³/mol. The van der Waals surface area contributed by atoms with Gasteiger partial charge in [0.1, 0.15) is 12.1 Å². The first-order valence-corrected chi connectivity index (χ1v) is 15.9. The summed E-state index contributed by atoms with van der Waals surface area (Å²) < 4.78 is 41.3. The molecular formula is C34H42F3N7O6. The zero-order valence-corrected chi connectivity index (χ0v) is 27.8. The molecule has 16 heteroatoms. The number of halogens is 3. The largest absolute Gasteiger partial charge is 0.416 e. The van der Waals surface area contributed by atoms with E-state index in [1.807, 2.05) is 11.4 Å². The summed E-state index contributed by atoms with van der Waals surface area (Å²) in [5, 5.41) is 21.3. The highest BCUT2D eigenvalue weighted by Gasteiger charge is 2.44. The van der Waals surface area contributed by atoms with Crippen LogP contribution in [0.1, 0.15) is 55.2 Å². The molecule has 1 aromatic heterocycles. The monoisotopic (exact) mass is 701 g/mol. The van der Waals surface area contributed by atoms with E-state index in [0.29, 0.717) is 16.9 Å². The number of aliphatic hydroxyl groups excluding tert-OH is 1. The molecule has 8 N–H and O–H groups in total. The van der Waals surface area contributed by atoms with Crippen molar-refractivity contribution in [2.45, 2.75) is 76.9 Å². The number of nitrogens with two attached hydrogens (primary N) is 2. The molecule has 13 nitrogen and oxygen atoms in total. The molecule has 5 atom stereocenters. The second kappa shape index (κ2) is 17.4. The van der Waals surface area contributed by atoms with Gasteiger partial charge in [0.15, 0.2) is 6.10 Å². The standard InChI is InChI=1S/C34H42F3N7O6/c1-19(2)23(17-27-24(30(39)47)18-40-44(27)22-12-8-5-9-13-22)32(49)43-26(16-21-10-6-4-7-11-21)33(50)41-20(3)31(48)42-25(14-15-28(38)45)29(46)34(35,36)37/h4-13,18-20,23,25-26,29,46H,14-17H2,1-3H3,(H2,38,45)(H2,39,47)(H,41,50)(H,42,48)(H,43,49)/t20-,23-,25?,26-,29?/m0/s1. The lowest BCUT2D eigenvalue weighted by molar-refractivity contribution is -0.212. The van der Waals surface area contributed by atoms with E-state index in [-0.39, 0.29) is 24.3 Å². The van der Waals surface area contributed by atoms with Gasteiger partial charge in [0.2, 0.25) is 23.6 Å². The Hall–Kier alpha value is -5.25. The summed E-state index contributed by atoms with van der Waals surface area (Å²) in [7, 11) is 0. The summed E-state index contributed by atoms with van der Waals surface area (Å²) in [5.74, 6) is -5.22. The van der Waals surface area contributed by atoms with Crippen LogP contribution < -0.4 is 27.4 Å². The van der Waals surface area contributed by atoms with Gasteiger partial charge >= 0.3 is 6.18 Å². The molecule has 0 saturated carbocycles. The Morgan fingerprint density at radius 2 is 1.44 bits per heavy atom. The molecule has 0 aliphatic heterocycles. The van der Waals surface area contributed by atoms with Crippen LogP contribution in [0.5, 0.6) is 0 Å². The van der Waals surface area contributed by atoms with Gasteiger partial charge in [0, 0.05) is 25.2 Å². The van der Waals surface area contributed by atoms with Crippen molar-refractivity contribution in [1.82, 2.24) is 25.7 Å². The van der Waals surface area contributed by atoms with Crippen LogP contribution in [-0.2, 0) is 32.0 Å². The summed E-state index contributed by atoms with van der Waals surface area (Å²) in [6.07, 6.45) is -7.94. The van der Waals surface area contributed by atoms with Gasteiger partial charge in [-0.3, -0.25) is 24.0 Å². The van der Waals surface area contributed by atoms with Crippen LogP contribution in [0.2, 0.25) is 0 Å². The second-order valence-electron chi connectivity index (χ2n) is 12.3. The molecule has 0 spiro atoms. The zero-order valence-electron chi connectivity index (χ0n) is 27.8. The van der Waals surface area contributed by atoms with Gasteiger partial charge < -0.3 is 32.5 Å². The first-order chi connectivity index (χ1) is 23.5.